The smallest absolute Gasteiger partial charge is 0.224 e. The molecule has 0 aromatic carbocycles. The van der Waals surface area contributed by atoms with E-state index < -0.39 is 0 Å². The molecule has 18 heavy (non-hydrogen) atoms. The van der Waals surface area contributed by atoms with Crippen molar-refractivity contribution < 1.29 is 4.79 Å². The van der Waals surface area contributed by atoms with Crippen LogP contribution < -0.4 is 5.73 Å². The Labute approximate surface area is 109 Å². The van der Waals surface area contributed by atoms with Gasteiger partial charge in [-0.15, -0.1) is 0 Å². The third-order valence-electron chi connectivity index (χ3n) is 3.76. The van der Waals surface area contributed by atoms with Crippen LogP contribution in [-0.2, 0) is 11.8 Å². The van der Waals surface area contributed by atoms with E-state index in [1.54, 1.807) is 0 Å². The number of carbonyl (C=O) groups is 1. The number of amides is 1. The summed E-state index contributed by atoms with van der Waals surface area (Å²) < 4.78 is 2.12. The first-order valence-electron chi connectivity index (χ1n) is 6.85. The second-order valence-corrected chi connectivity index (χ2v) is 5.03. The maximum absolute atomic E-state index is 12.2. The Bertz CT molecular complexity index is 399. The summed E-state index contributed by atoms with van der Waals surface area (Å²) in [7, 11) is 2.05. The van der Waals surface area contributed by atoms with Gasteiger partial charge >= 0.3 is 0 Å². The van der Waals surface area contributed by atoms with Crippen molar-refractivity contribution in [3.05, 3.63) is 24.0 Å². The lowest BCUT2D eigenvalue weighted by Crippen LogP contribution is -2.36. The molecule has 0 aliphatic carbocycles. The molecule has 0 saturated carbocycles. The number of aromatic nitrogens is 1. The Morgan fingerprint density at radius 2 is 2.28 bits per heavy atom. The predicted octanol–water partition coefficient (Wildman–Crippen LogP) is 1.82. The Morgan fingerprint density at radius 3 is 2.94 bits per heavy atom. The molecule has 1 aromatic rings. The molecule has 2 N–H and O–H groups in total. The van der Waals surface area contributed by atoms with Crippen LogP contribution in [0.15, 0.2) is 18.3 Å². The molecule has 1 aliphatic rings. The van der Waals surface area contributed by atoms with Crippen LogP contribution in [0.3, 0.4) is 0 Å². The van der Waals surface area contributed by atoms with Crippen molar-refractivity contribution >= 4 is 5.91 Å². The highest BCUT2D eigenvalue weighted by atomic mass is 16.2. The zero-order valence-corrected chi connectivity index (χ0v) is 11.1. The number of likely N-dealkylation sites (tertiary alicyclic amines) is 1. The van der Waals surface area contributed by atoms with E-state index >= 15 is 0 Å². The summed E-state index contributed by atoms with van der Waals surface area (Å²) in [6.07, 6.45) is 7.09. The molecule has 1 aliphatic heterocycles. The largest absolute Gasteiger partial charge is 0.353 e. The van der Waals surface area contributed by atoms with E-state index in [0.717, 1.165) is 19.4 Å². The topological polar surface area (TPSA) is 51.3 Å². The minimum Gasteiger partial charge on any atom is -0.353 e. The molecular weight excluding hydrogens is 226 g/mol. The van der Waals surface area contributed by atoms with Crippen LogP contribution >= 0.6 is 0 Å². The van der Waals surface area contributed by atoms with Crippen molar-refractivity contribution in [2.24, 2.45) is 12.8 Å². The number of aryl methyl sites for hydroxylation is 1. The second kappa shape index (κ2) is 6.05. The predicted molar refractivity (Wildman–Crippen MR) is 72.0 cm³/mol. The van der Waals surface area contributed by atoms with Crippen molar-refractivity contribution in [2.75, 3.05) is 13.1 Å². The van der Waals surface area contributed by atoms with Crippen LogP contribution in [0.5, 0.6) is 0 Å². The first-order chi connectivity index (χ1) is 8.74. The quantitative estimate of drug-likeness (QED) is 0.888. The summed E-state index contributed by atoms with van der Waals surface area (Å²) in [5.41, 5.74) is 6.75. The molecule has 4 heteroatoms. The summed E-state index contributed by atoms with van der Waals surface area (Å²) in [5.74, 6) is 0.200. The SMILES string of the molecule is Cn1cccc1C1CCCCCN1C(=O)CCN. The van der Waals surface area contributed by atoms with E-state index in [0.29, 0.717) is 13.0 Å². The lowest BCUT2D eigenvalue weighted by molar-refractivity contribution is -0.133. The van der Waals surface area contributed by atoms with E-state index in [1.807, 2.05) is 24.2 Å². The Kier molecular flexibility index (Phi) is 4.42. The highest BCUT2D eigenvalue weighted by Crippen LogP contribution is 2.30. The van der Waals surface area contributed by atoms with Gasteiger partial charge in [0.05, 0.1) is 6.04 Å². The monoisotopic (exact) mass is 249 g/mol. The van der Waals surface area contributed by atoms with Crippen molar-refractivity contribution in [1.29, 1.82) is 0 Å². The van der Waals surface area contributed by atoms with Gasteiger partial charge in [-0.2, -0.15) is 0 Å². The normalized spacial score (nSPS) is 20.8. The maximum atomic E-state index is 12.2. The summed E-state index contributed by atoms with van der Waals surface area (Å²) >= 11 is 0. The molecule has 2 rings (SSSR count). The first-order valence-corrected chi connectivity index (χ1v) is 6.85. The molecule has 0 bridgehead atoms. The fraction of sp³-hybridized carbons (Fsp3) is 0.643. The molecule has 1 aromatic heterocycles. The lowest BCUT2D eigenvalue weighted by atomic mass is 10.1. The molecule has 0 radical (unpaired) electrons. The summed E-state index contributed by atoms with van der Waals surface area (Å²) in [5, 5.41) is 0. The molecule has 1 atom stereocenters. The van der Waals surface area contributed by atoms with E-state index in [1.165, 1.54) is 18.5 Å². The van der Waals surface area contributed by atoms with Gasteiger partial charge in [-0.25, -0.2) is 0 Å². The third-order valence-corrected chi connectivity index (χ3v) is 3.76. The zero-order chi connectivity index (χ0) is 13.0. The third kappa shape index (κ3) is 2.75. The van der Waals surface area contributed by atoms with Crippen molar-refractivity contribution in [2.45, 2.75) is 38.1 Å². The van der Waals surface area contributed by atoms with Crippen molar-refractivity contribution in [3.8, 4) is 0 Å². The fourth-order valence-electron chi connectivity index (χ4n) is 2.80. The minimum absolute atomic E-state index is 0.200. The number of nitrogens with two attached hydrogens (primary N) is 1. The number of hydrogen-bond donors (Lipinski definition) is 1. The van der Waals surface area contributed by atoms with Crippen LogP contribution in [0.1, 0.15) is 43.8 Å². The number of nitrogens with zero attached hydrogens (tertiary/aromatic N) is 2. The van der Waals surface area contributed by atoms with Gasteiger partial charge in [0.1, 0.15) is 0 Å². The maximum Gasteiger partial charge on any atom is 0.224 e. The molecule has 4 nitrogen and oxygen atoms in total. The van der Waals surface area contributed by atoms with Crippen LogP contribution in [0, 0.1) is 0 Å². The Balaban J connectivity index is 2.22. The average Bonchev–Trinajstić information content (AvgIpc) is 2.64. The second-order valence-electron chi connectivity index (χ2n) is 5.03. The van der Waals surface area contributed by atoms with Gasteiger partial charge in [0.25, 0.3) is 0 Å². The molecular formula is C14H23N3O. The van der Waals surface area contributed by atoms with Crippen LogP contribution in [0.2, 0.25) is 0 Å². The standard InChI is InChI=1S/C14H23N3O/c1-16-10-5-7-12(16)13-6-3-2-4-11-17(13)14(18)8-9-15/h5,7,10,13H,2-4,6,8-9,11,15H2,1H3. The minimum atomic E-state index is 0.200. The molecule has 2 heterocycles. The fourth-order valence-corrected chi connectivity index (χ4v) is 2.80. The van der Waals surface area contributed by atoms with Crippen molar-refractivity contribution in [1.82, 2.24) is 9.47 Å². The molecule has 0 spiro atoms. The van der Waals surface area contributed by atoms with Gasteiger partial charge in [-0.1, -0.05) is 12.8 Å². The Hall–Kier alpha value is -1.29. The van der Waals surface area contributed by atoms with E-state index in [2.05, 4.69) is 10.6 Å². The van der Waals surface area contributed by atoms with Gasteiger partial charge in [0, 0.05) is 38.4 Å². The first kappa shape index (κ1) is 13.1. The molecule has 1 amide bonds. The van der Waals surface area contributed by atoms with Gasteiger partial charge in [0.15, 0.2) is 0 Å². The van der Waals surface area contributed by atoms with Gasteiger partial charge in [-0.05, 0) is 25.0 Å². The molecule has 1 saturated heterocycles. The van der Waals surface area contributed by atoms with E-state index in [9.17, 15) is 4.79 Å². The molecule has 1 fully saturated rings. The lowest BCUT2D eigenvalue weighted by Gasteiger charge is -2.30. The van der Waals surface area contributed by atoms with Crippen LogP contribution in [-0.4, -0.2) is 28.5 Å². The van der Waals surface area contributed by atoms with Crippen LogP contribution in [0.25, 0.3) is 0 Å². The average molecular weight is 249 g/mol. The summed E-state index contributed by atoms with van der Waals surface area (Å²) in [6, 6.07) is 4.40. The van der Waals surface area contributed by atoms with Crippen molar-refractivity contribution in [3.63, 3.8) is 0 Å². The number of hydrogen-bond acceptors (Lipinski definition) is 2. The highest BCUT2D eigenvalue weighted by molar-refractivity contribution is 5.76. The molecule has 1 unspecified atom stereocenters. The van der Waals surface area contributed by atoms with Gasteiger partial charge in [0.2, 0.25) is 5.91 Å². The van der Waals surface area contributed by atoms with Gasteiger partial charge < -0.3 is 15.2 Å². The van der Waals surface area contributed by atoms with Crippen LogP contribution in [0.4, 0.5) is 0 Å². The summed E-state index contributed by atoms with van der Waals surface area (Å²) in [6.45, 7) is 1.31. The Morgan fingerprint density at radius 1 is 1.44 bits per heavy atom. The number of rotatable bonds is 3. The highest BCUT2D eigenvalue weighted by Gasteiger charge is 2.27. The summed E-state index contributed by atoms with van der Waals surface area (Å²) in [4.78, 5) is 14.2. The van der Waals surface area contributed by atoms with E-state index in [4.69, 9.17) is 5.73 Å². The van der Waals surface area contributed by atoms with E-state index in [-0.39, 0.29) is 11.9 Å². The zero-order valence-electron chi connectivity index (χ0n) is 11.1. The van der Waals surface area contributed by atoms with Gasteiger partial charge in [-0.3, -0.25) is 4.79 Å². The number of carbonyl (C=O) groups excluding carboxylic acids is 1. The molecule has 100 valence electrons.